The zero-order valence-corrected chi connectivity index (χ0v) is 23.1. The first kappa shape index (κ1) is 26.3. The van der Waals surface area contributed by atoms with E-state index < -0.39 is 0 Å². The van der Waals surface area contributed by atoms with Gasteiger partial charge in [-0.3, -0.25) is 14.4 Å². The molecule has 0 bridgehead atoms. The smallest absolute Gasteiger partial charge is 0.276 e. The second-order valence-corrected chi connectivity index (χ2v) is 10.9. The van der Waals surface area contributed by atoms with Crippen LogP contribution in [0.2, 0.25) is 5.02 Å². The number of aryl methyl sites for hydroxylation is 1. The molecule has 2 aromatic heterocycles. The summed E-state index contributed by atoms with van der Waals surface area (Å²) in [5.74, 6) is 0.511. The van der Waals surface area contributed by atoms with Gasteiger partial charge in [0.25, 0.3) is 5.91 Å². The third-order valence-electron chi connectivity index (χ3n) is 7.43. The van der Waals surface area contributed by atoms with Crippen molar-refractivity contribution in [2.75, 3.05) is 18.4 Å². The maximum Gasteiger partial charge on any atom is 0.276 e. The maximum atomic E-state index is 13.0. The van der Waals surface area contributed by atoms with Crippen molar-refractivity contribution in [3.63, 3.8) is 0 Å². The number of anilines is 1. The Morgan fingerprint density at radius 1 is 1.02 bits per heavy atom. The standard InChI is InChI=1S/C32H31ClN4O3/c1-21-15-29(32(39)34-27-9-7-22(8-10-27)19-36-13-11-28(38)12-14-36)35-37(21)20-25-17-26(33)16-24-18-30(40-31(24)25)23-5-3-2-4-6-23/h2-10,15-18,28,38H,11-14,19-20H2,1H3,(H,34,39). The number of fused-ring (bicyclic) bond motifs is 1. The predicted octanol–water partition coefficient (Wildman–Crippen LogP) is 6.52. The number of aromatic nitrogens is 2. The van der Waals surface area contributed by atoms with Crippen LogP contribution in [0.15, 0.2) is 83.3 Å². The van der Waals surface area contributed by atoms with Crippen molar-refractivity contribution in [1.82, 2.24) is 14.7 Å². The highest BCUT2D eigenvalue weighted by Gasteiger charge is 2.18. The van der Waals surface area contributed by atoms with Crippen LogP contribution in [-0.4, -0.2) is 44.9 Å². The number of likely N-dealkylation sites (tertiary alicyclic amines) is 1. The number of carbonyl (C=O) groups excluding carboxylic acids is 1. The first-order valence-electron chi connectivity index (χ1n) is 13.5. The molecule has 6 rings (SSSR count). The lowest BCUT2D eigenvalue weighted by Gasteiger charge is -2.29. The van der Waals surface area contributed by atoms with Crippen molar-refractivity contribution in [2.24, 2.45) is 0 Å². The van der Waals surface area contributed by atoms with Gasteiger partial charge in [0.05, 0.1) is 12.6 Å². The molecule has 5 aromatic rings. The van der Waals surface area contributed by atoms with Crippen molar-refractivity contribution in [3.05, 3.63) is 106 Å². The molecule has 40 heavy (non-hydrogen) atoms. The Labute approximate surface area is 238 Å². The zero-order chi connectivity index (χ0) is 27.6. The summed E-state index contributed by atoms with van der Waals surface area (Å²) in [6.45, 7) is 4.98. The van der Waals surface area contributed by atoms with Crippen molar-refractivity contribution in [1.29, 1.82) is 0 Å². The van der Waals surface area contributed by atoms with Gasteiger partial charge in [-0.15, -0.1) is 0 Å². The maximum absolute atomic E-state index is 13.0. The van der Waals surface area contributed by atoms with Gasteiger partial charge in [-0.1, -0.05) is 54.1 Å². The molecule has 0 spiro atoms. The normalized spacial score (nSPS) is 14.6. The third-order valence-corrected chi connectivity index (χ3v) is 7.64. The highest BCUT2D eigenvalue weighted by atomic mass is 35.5. The largest absolute Gasteiger partial charge is 0.456 e. The summed E-state index contributed by atoms with van der Waals surface area (Å²) in [5, 5.41) is 18.8. The average Bonchev–Trinajstić information content (AvgIpc) is 3.55. The summed E-state index contributed by atoms with van der Waals surface area (Å²) in [6.07, 6.45) is 1.46. The van der Waals surface area contributed by atoms with Gasteiger partial charge >= 0.3 is 0 Å². The van der Waals surface area contributed by atoms with Crippen LogP contribution in [0.3, 0.4) is 0 Å². The number of nitrogens with one attached hydrogen (secondary N) is 1. The molecule has 3 aromatic carbocycles. The lowest BCUT2D eigenvalue weighted by atomic mass is 10.1. The summed E-state index contributed by atoms with van der Waals surface area (Å²) in [7, 11) is 0. The average molecular weight is 555 g/mol. The number of amides is 1. The minimum absolute atomic E-state index is 0.176. The molecule has 1 aliphatic heterocycles. The Bertz CT molecular complexity index is 1630. The van der Waals surface area contributed by atoms with E-state index >= 15 is 0 Å². The number of nitrogens with zero attached hydrogens (tertiary/aromatic N) is 3. The van der Waals surface area contributed by atoms with E-state index in [-0.39, 0.29) is 12.0 Å². The molecule has 8 heteroatoms. The van der Waals surface area contributed by atoms with Crippen LogP contribution >= 0.6 is 11.6 Å². The van der Waals surface area contributed by atoms with Crippen LogP contribution in [0.4, 0.5) is 5.69 Å². The van der Waals surface area contributed by atoms with Gasteiger partial charge in [0.15, 0.2) is 5.69 Å². The topological polar surface area (TPSA) is 83.5 Å². The van der Waals surface area contributed by atoms with Crippen molar-refractivity contribution >= 4 is 34.2 Å². The van der Waals surface area contributed by atoms with E-state index in [4.69, 9.17) is 16.0 Å². The van der Waals surface area contributed by atoms with Gasteiger partial charge in [-0.05, 0) is 61.7 Å². The van der Waals surface area contributed by atoms with Crippen molar-refractivity contribution in [3.8, 4) is 11.3 Å². The van der Waals surface area contributed by atoms with Crippen LogP contribution in [0.1, 0.15) is 40.2 Å². The molecule has 0 radical (unpaired) electrons. The second kappa shape index (κ2) is 11.3. The Balaban J connectivity index is 1.15. The zero-order valence-electron chi connectivity index (χ0n) is 22.3. The molecule has 1 amide bonds. The Morgan fingerprint density at radius 2 is 1.77 bits per heavy atom. The van der Waals surface area contributed by atoms with Gasteiger partial charge in [0, 0.05) is 52.6 Å². The molecular formula is C32H31ClN4O3. The van der Waals surface area contributed by atoms with Gasteiger partial charge in [-0.25, -0.2) is 0 Å². The molecule has 0 aliphatic carbocycles. The number of hydrogen-bond acceptors (Lipinski definition) is 5. The van der Waals surface area contributed by atoms with Crippen molar-refractivity contribution < 1.29 is 14.3 Å². The minimum Gasteiger partial charge on any atom is -0.456 e. The summed E-state index contributed by atoms with van der Waals surface area (Å²) < 4.78 is 8.05. The van der Waals surface area contributed by atoms with Crippen LogP contribution < -0.4 is 5.32 Å². The number of benzene rings is 3. The van der Waals surface area contributed by atoms with Crippen LogP contribution in [-0.2, 0) is 13.1 Å². The SMILES string of the molecule is Cc1cc(C(=O)Nc2ccc(CN3CCC(O)CC3)cc2)nn1Cc1cc(Cl)cc2cc(-c3ccccc3)oc12. The summed E-state index contributed by atoms with van der Waals surface area (Å²) in [4.78, 5) is 15.4. The number of aliphatic hydroxyl groups is 1. The Morgan fingerprint density at radius 3 is 2.52 bits per heavy atom. The van der Waals surface area contributed by atoms with Crippen LogP contribution in [0.25, 0.3) is 22.3 Å². The monoisotopic (exact) mass is 554 g/mol. The highest BCUT2D eigenvalue weighted by molar-refractivity contribution is 6.31. The molecule has 0 atom stereocenters. The van der Waals surface area contributed by atoms with Crippen molar-refractivity contribution in [2.45, 2.75) is 39.0 Å². The van der Waals surface area contributed by atoms with Crippen LogP contribution in [0.5, 0.6) is 0 Å². The van der Waals surface area contributed by atoms with E-state index in [9.17, 15) is 9.90 Å². The number of halogens is 1. The molecule has 0 unspecified atom stereocenters. The first-order valence-corrected chi connectivity index (χ1v) is 13.9. The second-order valence-electron chi connectivity index (χ2n) is 10.4. The summed E-state index contributed by atoms with van der Waals surface area (Å²) >= 11 is 6.45. The number of piperidine rings is 1. The molecule has 2 N–H and O–H groups in total. The molecule has 3 heterocycles. The molecule has 1 fully saturated rings. The van der Waals surface area contributed by atoms with E-state index in [1.807, 2.05) is 79.7 Å². The fourth-order valence-electron chi connectivity index (χ4n) is 5.21. The lowest BCUT2D eigenvalue weighted by molar-refractivity contribution is 0.0792. The summed E-state index contributed by atoms with van der Waals surface area (Å²) in [5.41, 5.74) is 5.73. The molecule has 1 aliphatic rings. The van der Waals surface area contributed by atoms with E-state index in [2.05, 4.69) is 15.3 Å². The lowest BCUT2D eigenvalue weighted by Crippen LogP contribution is -2.35. The van der Waals surface area contributed by atoms with E-state index in [0.29, 0.717) is 17.3 Å². The van der Waals surface area contributed by atoms with Gasteiger partial charge in [-0.2, -0.15) is 5.10 Å². The number of furan rings is 1. The fraction of sp³-hybridized carbons (Fsp3) is 0.250. The van der Waals surface area contributed by atoms with Gasteiger partial charge < -0.3 is 14.8 Å². The molecule has 1 saturated heterocycles. The van der Waals surface area contributed by atoms with Crippen LogP contribution in [0, 0.1) is 6.92 Å². The third kappa shape index (κ3) is 5.82. The fourth-order valence-corrected chi connectivity index (χ4v) is 5.46. The highest BCUT2D eigenvalue weighted by Crippen LogP contribution is 2.32. The molecule has 0 saturated carbocycles. The molecule has 7 nitrogen and oxygen atoms in total. The van der Waals surface area contributed by atoms with E-state index in [1.54, 1.807) is 10.7 Å². The number of rotatable bonds is 7. The number of hydrogen-bond donors (Lipinski definition) is 2. The number of carbonyl (C=O) groups is 1. The molecule has 204 valence electrons. The van der Waals surface area contributed by atoms with Gasteiger partial charge in [0.1, 0.15) is 11.3 Å². The predicted molar refractivity (Wildman–Crippen MR) is 158 cm³/mol. The minimum atomic E-state index is -0.264. The summed E-state index contributed by atoms with van der Waals surface area (Å²) in [6, 6.07) is 25.4. The van der Waals surface area contributed by atoms with E-state index in [1.165, 1.54) is 5.56 Å². The molecular weight excluding hydrogens is 524 g/mol. The Hall–Kier alpha value is -3.91. The Kier molecular flexibility index (Phi) is 7.43. The first-order chi connectivity index (χ1) is 19.4. The van der Waals surface area contributed by atoms with E-state index in [0.717, 1.165) is 71.7 Å². The quantitative estimate of drug-likeness (QED) is 0.239. The van der Waals surface area contributed by atoms with Gasteiger partial charge in [0.2, 0.25) is 0 Å². The number of aliphatic hydroxyl groups excluding tert-OH is 1.